The summed E-state index contributed by atoms with van der Waals surface area (Å²) in [7, 11) is 0. The molecular formula is C44H54N4O4. The van der Waals surface area contributed by atoms with Crippen molar-refractivity contribution >= 4 is 46.4 Å². The van der Waals surface area contributed by atoms with E-state index < -0.39 is 35.5 Å². The molecule has 0 aliphatic carbocycles. The fourth-order valence-corrected chi connectivity index (χ4v) is 6.61. The highest BCUT2D eigenvalue weighted by Crippen LogP contribution is 2.29. The SMILES string of the molecule is CCCc1ccccc1NC(=O)CC(C(=O)Nc1ccccc1CCC)C(CC(=O)Nc1ccccc1CCC)C(=O)Nc1ccccc1CCC. The monoisotopic (exact) mass is 702 g/mol. The van der Waals surface area contributed by atoms with Gasteiger partial charge in [0, 0.05) is 35.6 Å². The van der Waals surface area contributed by atoms with E-state index in [1.807, 2.05) is 97.1 Å². The summed E-state index contributed by atoms with van der Waals surface area (Å²) < 4.78 is 0. The summed E-state index contributed by atoms with van der Waals surface area (Å²) in [6.07, 6.45) is 5.96. The second kappa shape index (κ2) is 20.6. The fraction of sp³-hybridized carbons (Fsp3) is 0.364. The van der Waals surface area contributed by atoms with Crippen LogP contribution in [0, 0.1) is 11.8 Å². The summed E-state index contributed by atoms with van der Waals surface area (Å²) in [6.45, 7) is 8.28. The number of para-hydroxylation sites is 4. The third-order valence-corrected chi connectivity index (χ3v) is 9.18. The van der Waals surface area contributed by atoms with Crippen LogP contribution in [-0.4, -0.2) is 23.6 Å². The Morgan fingerprint density at radius 2 is 0.654 bits per heavy atom. The normalized spacial score (nSPS) is 12.0. The van der Waals surface area contributed by atoms with Crippen LogP contribution in [-0.2, 0) is 44.9 Å². The molecule has 0 spiro atoms. The molecule has 0 fully saturated rings. The molecule has 0 radical (unpaired) electrons. The number of anilines is 4. The first-order chi connectivity index (χ1) is 25.3. The smallest absolute Gasteiger partial charge is 0.228 e. The van der Waals surface area contributed by atoms with Crippen molar-refractivity contribution in [3.8, 4) is 0 Å². The van der Waals surface area contributed by atoms with Crippen LogP contribution in [0.1, 0.15) is 88.5 Å². The van der Waals surface area contributed by atoms with E-state index in [0.717, 1.165) is 73.6 Å². The van der Waals surface area contributed by atoms with E-state index >= 15 is 0 Å². The molecule has 2 unspecified atom stereocenters. The van der Waals surface area contributed by atoms with Gasteiger partial charge >= 0.3 is 0 Å². The summed E-state index contributed by atoms with van der Waals surface area (Å²) in [6, 6.07) is 30.3. The molecular weight excluding hydrogens is 649 g/mol. The number of nitrogens with one attached hydrogen (secondary N) is 4. The maximum absolute atomic E-state index is 14.5. The molecule has 4 N–H and O–H groups in total. The average Bonchev–Trinajstić information content (AvgIpc) is 3.13. The van der Waals surface area contributed by atoms with E-state index in [-0.39, 0.29) is 12.8 Å². The van der Waals surface area contributed by atoms with Gasteiger partial charge in [-0.25, -0.2) is 0 Å². The molecule has 4 amide bonds. The molecule has 8 heteroatoms. The predicted molar refractivity (Wildman–Crippen MR) is 212 cm³/mol. The van der Waals surface area contributed by atoms with Gasteiger partial charge in [-0.05, 0) is 72.2 Å². The Hall–Kier alpha value is -5.24. The Balaban J connectivity index is 1.74. The molecule has 4 aromatic rings. The van der Waals surface area contributed by atoms with Gasteiger partial charge in [-0.2, -0.15) is 0 Å². The van der Waals surface area contributed by atoms with Crippen molar-refractivity contribution in [2.24, 2.45) is 11.8 Å². The highest BCUT2D eigenvalue weighted by molar-refractivity contribution is 6.05. The molecule has 0 aromatic heterocycles. The average molecular weight is 703 g/mol. The molecule has 8 nitrogen and oxygen atoms in total. The molecule has 0 aliphatic rings. The van der Waals surface area contributed by atoms with E-state index in [4.69, 9.17) is 0 Å². The molecule has 52 heavy (non-hydrogen) atoms. The number of carbonyl (C=O) groups excluding carboxylic acids is 4. The van der Waals surface area contributed by atoms with Crippen LogP contribution >= 0.6 is 0 Å². The van der Waals surface area contributed by atoms with Gasteiger partial charge in [-0.3, -0.25) is 19.2 Å². The van der Waals surface area contributed by atoms with Crippen LogP contribution in [0.15, 0.2) is 97.1 Å². The van der Waals surface area contributed by atoms with Gasteiger partial charge in [-0.1, -0.05) is 126 Å². The lowest BCUT2D eigenvalue weighted by Gasteiger charge is -2.26. The quantitative estimate of drug-likeness (QED) is 0.0779. The molecule has 0 aliphatic heterocycles. The van der Waals surface area contributed by atoms with Crippen molar-refractivity contribution in [1.29, 1.82) is 0 Å². The third kappa shape index (κ3) is 11.4. The van der Waals surface area contributed by atoms with Gasteiger partial charge in [0.15, 0.2) is 0 Å². The second-order valence-electron chi connectivity index (χ2n) is 13.3. The van der Waals surface area contributed by atoms with Gasteiger partial charge in [0.25, 0.3) is 0 Å². The summed E-state index contributed by atoms with van der Waals surface area (Å²) in [4.78, 5) is 56.7. The molecule has 0 bridgehead atoms. The van der Waals surface area contributed by atoms with Crippen LogP contribution in [0.4, 0.5) is 22.7 Å². The minimum atomic E-state index is -1.18. The lowest BCUT2D eigenvalue weighted by molar-refractivity contribution is -0.134. The van der Waals surface area contributed by atoms with Crippen molar-refractivity contribution < 1.29 is 19.2 Å². The van der Waals surface area contributed by atoms with Gasteiger partial charge in [0.05, 0.1) is 11.8 Å². The zero-order valence-electron chi connectivity index (χ0n) is 31.1. The summed E-state index contributed by atoms with van der Waals surface area (Å²) in [5, 5.41) is 12.1. The highest BCUT2D eigenvalue weighted by Gasteiger charge is 2.38. The summed E-state index contributed by atoms with van der Waals surface area (Å²) in [5.41, 5.74) is 6.46. The van der Waals surface area contributed by atoms with E-state index in [1.165, 1.54) is 0 Å². The van der Waals surface area contributed by atoms with E-state index in [0.29, 0.717) is 22.7 Å². The Morgan fingerprint density at radius 1 is 0.404 bits per heavy atom. The Labute approximate surface area is 309 Å². The number of hydrogen-bond acceptors (Lipinski definition) is 4. The number of benzene rings is 4. The summed E-state index contributed by atoms with van der Waals surface area (Å²) >= 11 is 0. The number of rotatable bonds is 19. The van der Waals surface area contributed by atoms with Crippen molar-refractivity contribution in [2.45, 2.75) is 91.9 Å². The zero-order chi connectivity index (χ0) is 37.3. The van der Waals surface area contributed by atoms with Crippen LogP contribution in [0.2, 0.25) is 0 Å². The van der Waals surface area contributed by atoms with Crippen LogP contribution in [0.3, 0.4) is 0 Å². The number of aryl methyl sites for hydroxylation is 4. The van der Waals surface area contributed by atoms with Gasteiger partial charge < -0.3 is 21.3 Å². The largest absolute Gasteiger partial charge is 0.326 e. The number of hydrogen-bond donors (Lipinski definition) is 4. The zero-order valence-corrected chi connectivity index (χ0v) is 31.1. The van der Waals surface area contributed by atoms with E-state index in [1.54, 1.807) is 0 Å². The van der Waals surface area contributed by atoms with E-state index in [2.05, 4.69) is 49.0 Å². The molecule has 0 saturated heterocycles. The maximum atomic E-state index is 14.5. The molecule has 0 heterocycles. The lowest BCUT2D eigenvalue weighted by atomic mass is 9.84. The third-order valence-electron chi connectivity index (χ3n) is 9.18. The lowest BCUT2D eigenvalue weighted by Crippen LogP contribution is -2.41. The number of amides is 4. The Bertz CT molecular complexity index is 1670. The second-order valence-corrected chi connectivity index (χ2v) is 13.3. The van der Waals surface area contributed by atoms with Crippen LogP contribution in [0.5, 0.6) is 0 Å². The van der Waals surface area contributed by atoms with Gasteiger partial charge in [0.2, 0.25) is 23.6 Å². The minimum absolute atomic E-state index is 0.309. The van der Waals surface area contributed by atoms with Crippen molar-refractivity contribution in [3.05, 3.63) is 119 Å². The first-order valence-corrected chi connectivity index (χ1v) is 18.8. The molecule has 274 valence electrons. The Kier molecular flexibility index (Phi) is 15.6. The van der Waals surface area contributed by atoms with Gasteiger partial charge in [0.1, 0.15) is 0 Å². The Morgan fingerprint density at radius 3 is 0.923 bits per heavy atom. The van der Waals surface area contributed by atoms with Crippen molar-refractivity contribution in [1.82, 2.24) is 0 Å². The van der Waals surface area contributed by atoms with Crippen molar-refractivity contribution in [2.75, 3.05) is 21.3 Å². The standard InChI is InChI=1S/C44H54N4O4/c1-5-17-31-21-9-13-25-37(31)45-41(49)29-35(43(51)47-39-27-15-11-23-33(39)19-7-3)36(44(52)48-40-28-16-12-24-34(40)20-8-4)30-42(50)46-38-26-14-10-22-32(38)18-6-2/h9-16,21-28,35-36H,5-8,17-20,29-30H2,1-4H3,(H,45,49)(H,46,50)(H,47,51)(H,48,52). The fourth-order valence-electron chi connectivity index (χ4n) is 6.61. The van der Waals surface area contributed by atoms with Crippen LogP contribution in [0.25, 0.3) is 0 Å². The number of carbonyl (C=O) groups is 4. The van der Waals surface area contributed by atoms with Crippen molar-refractivity contribution in [3.63, 3.8) is 0 Å². The van der Waals surface area contributed by atoms with Crippen LogP contribution < -0.4 is 21.3 Å². The molecule has 2 atom stereocenters. The molecule has 4 aromatic carbocycles. The predicted octanol–water partition coefficient (Wildman–Crippen LogP) is 9.36. The molecule has 0 saturated carbocycles. The first-order valence-electron chi connectivity index (χ1n) is 18.8. The highest BCUT2D eigenvalue weighted by atomic mass is 16.2. The summed E-state index contributed by atoms with van der Waals surface area (Å²) in [5.74, 6) is -4.18. The first kappa shape index (κ1) is 39.5. The maximum Gasteiger partial charge on any atom is 0.228 e. The minimum Gasteiger partial charge on any atom is -0.326 e. The topological polar surface area (TPSA) is 116 Å². The van der Waals surface area contributed by atoms with E-state index in [9.17, 15) is 19.2 Å². The molecule has 4 rings (SSSR count). The van der Waals surface area contributed by atoms with Gasteiger partial charge in [-0.15, -0.1) is 0 Å².